The molecule has 0 radical (unpaired) electrons. The quantitative estimate of drug-likeness (QED) is 0.412. The number of aromatic nitrogens is 2. The summed E-state index contributed by atoms with van der Waals surface area (Å²) in [6.07, 6.45) is -3.85. The summed E-state index contributed by atoms with van der Waals surface area (Å²) in [5.74, 6) is -0.709. The number of amides is 1. The van der Waals surface area contributed by atoms with Gasteiger partial charge in [-0.05, 0) is 66.6 Å². The Morgan fingerprint density at radius 1 is 0.944 bits per heavy atom. The molecule has 3 aromatic carbocycles. The van der Waals surface area contributed by atoms with Crippen molar-refractivity contribution >= 4 is 27.6 Å². The minimum Gasteiger partial charge on any atom is -0.403 e. The Hall–Kier alpha value is -4.19. The van der Waals surface area contributed by atoms with Crippen molar-refractivity contribution in [2.45, 2.75) is 17.5 Å². The van der Waals surface area contributed by atoms with E-state index in [1.54, 1.807) is 12.1 Å². The highest BCUT2D eigenvalue weighted by molar-refractivity contribution is 7.92. The van der Waals surface area contributed by atoms with Gasteiger partial charge in [-0.1, -0.05) is 23.3 Å². The molecule has 0 atom stereocenters. The van der Waals surface area contributed by atoms with E-state index in [9.17, 15) is 26.4 Å². The highest BCUT2D eigenvalue weighted by Gasteiger charge is 2.31. The van der Waals surface area contributed by atoms with E-state index in [4.69, 9.17) is 4.42 Å². The number of para-hydroxylation sites is 1. The molecule has 1 N–H and O–H groups in total. The van der Waals surface area contributed by atoms with Crippen molar-refractivity contribution in [1.82, 2.24) is 10.2 Å². The normalized spacial score (nSPS) is 13.5. The Labute approximate surface area is 203 Å². The molecule has 1 aliphatic heterocycles. The SMILES string of the molecule is O=C(Nc1nnc(-c2ccc(C(F)(F)F)cc2)o1)c1ccc(S(=O)(=O)N2CCc3ccccc32)cc1. The summed E-state index contributed by atoms with van der Waals surface area (Å²) >= 11 is 0. The first kappa shape index (κ1) is 23.5. The smallest absolute Gasteiger partial charge is 0.403 e. The van der Waals surface area contributed by atoms with Gasteiger partial charge in [0.15, 0.2) is 0 Å². The van der Waals surface area contributed by atoms with Crippen LogP contribution in [0.1, 0.15) is 21.5 Å². The maximum Gasteiger partial charge on any atom is 0.416 e. The fourth-order valence-electron chi connectivity index (χ4n) is 3.82. The fourth-order valence-corrected chi connectivity index (χ4v) is 5.33. The van der Waals surface area contributed by atoms with Crippen molar-refractivity contribution < 1.29 is 30.8 Å². The van der Waals surface area contributed by atoms with Gasteiger partial charge in [0.2, 0.25) is 5.89 Å². The molecule has 36 heavy (non-hydrogen) atoms. The standard InChI is InChI=1S/C24H17F3N4O4S/c25-24(26,27)18-9-5-17(6-10-18)22-29-30-23(35-22)28-21(32)16-7-11-19(12-8-16)36(33,34)31-14-13-15-3-1-2-4-20(15)31/h1-12H,13-14H2,(H,28,30,32). The van der Waals surface area contributed by atoms with E-state index < -0.39 is 27.7 Å². The first-order chi connectivity index (χ1) is 17.1. The van der Waals surface area contributed by atoms with Crippen LogP contribution >= 0.6 is 0 Å². The van der Waals surface area contributed by atoms with Crippen molar-refractivity contribution in [2.75, 3.05) is 16.2 Å². The zero-order valence-electron chi connectivity index (χ0n) is 18.4. The van der Waals surface area contributed by atoms with Crippen LogP contribution in [0.3, 0.4) is 0 Å². The predicted octanol–water partition coefficient (Wildman–Crippen LogP) is 4.76. The number of anilines is 2. The molecule has 5 rings (SSSR count). The average molecular weight is 514 g/mol. The number of nitrogens with zero attached hydrogens (tertiary/aromatic N) is 3. The number of alkyl halides is 3. The second-order valence-corrected chi connectivity index (χ2v) is 9.78. The second-order valence-electron chi connectivity index (χ2n) is 7.92. The number of halogens is 3. The second kappa shape index (κ2) is 8.79. The molecular formula is C24H17F3N4O4S. The van der Waals surface area contributed by atoms with E-state index >= 15 is 0 Å². The van der Waals surface area contributed by atoms with E-state index in [1.807, 2.05) is 12.1 Å². The Bertz CT molecular complexity index is 1530. The van der Waals surface area contributed by atoms with Gasteiger partial charge >= 0.3 is 12.2 Å². The van der Waals surface area contributed by atoms with Gasteiger partial charge in [-0.2, -0.15) is 13.2 Å². The lowest BCUT2D eigenvalue weighted by atomic mass is 10.1. The van der Waals surface area contributed by atoms with E-state index in [-0.39, 0.29) is 27.9 Å². The predicted molar refractivity (Wildman–Crippen MR) is 124 cm³/mol. The van der Waals surface area contributed by atoms with Crippen molar-refractivity contribution in [3.63, 3.8) is 0 Å². The van der Waals surface area contributed by atoms with Gasteiger partial charge in [-0.15, -0.1) is 5.10 Å². The average Bonchev–Trinajstić information content (AvgIpc) is 3.51. The number of fused-ring (bicyclic) bond motifs is 1. The zero-order valence-corrected chi connectivity index (χ0v) is 19.2. The Balaban J connectivity index is 1.28. The Kier molecular flexibility index (Phi) is 5.75. The van der Waals surface area contributed by atoms with Crippen molar-refractivity contribution in [1.29, 1.82) is 0 Å². The Morgan fingerprint density at radius 3 is 2.33 bits per heavy atom. The van der Waals surface area contributed by atoms with Gasteiger partial charge in [0, 0.05) is 17.7 Å². The molecule has 2 heterocycles. The first-order valence-corrected chi connectivity index (χ1v) is 12.1. The van der Waals surface area contributed by atoms with Crippen LogP contribution in [-0.2, 0) is 22.6 Å². The van der Waals surface area contributed by atoms with E-state index in [0.717, 1.165) is 17.7 Å². The maximum atomic E-state index is 13.1. The van der Waals surface area contributed by atoms with E-state index in [0.29, 0.717) is 18.7 Å². The van der Waals surface area contributed by atoms with E-state index in [2.05, 4.69) is 15.5 Å². The summed E-state index contributed by atoms with van der Waals surface area (Å²) < 4.78 is 71.1. The van der Waals surface area contributed by atoms with Crippen LogP contribution in [0.25, 0.3) is 11.5 Å². The molecule has 0 saturated carbocycles. The number of carbonyl (C=O) groups is 1. The third-order valence-corrected chi connectivity index (χ3v) is 7.48. The highest BCUT2D eigenvalue weighted by Crippen LogP contribution is 2.33. The van der Waals surface area contributed by atoms with Crippen molar-refractivity contribution in [2.24, 2.45) is 0 Å². The molecule has 184 valence electrons. The minimum absolute atomic E-state index is 0.0399. The molecule has 4 aromatic rings. The molecule has 1 aromatic heterocycles. The highest BCUT2D eigenvalue weighted by atomic mass is 32.2. The minimum atomic E-state index is -4.47. The molecule has 12 heteroatoms. The number of sulfonamides is 1. The molecule has 1 aliphatic rings. The molecule has 0 unspecified atom stereocenters. The van der Waals surface area contributed by atoms with Crippen LogP contribution < -0.4 is 9.62 Å². The number of carbonyl (C=O) groups excluding carboxylic acids is 1. The summed E-state index contributed by atoms with van der Waals surface area (Å²) in [4.78, 5) is 12.6. The van der Waals surface area contributed by atoms with Crippen LogP contribution in [0, 0.1) is 0 Å². The third kappa shape index (κ3) is 4.42. The number of benzene rings is 3. The monoisotopic (exact) mass is 514 g/mol. The molecule has 0 bridgehead atoms. The molecular weight excluding hydrogens is 497 g/mol. The molecule has 0 spiro atoms. The van der Waals surface area contributed by atoms with Gasteiger partial charge < -0.3 is 4.42 Å². The summed E-state index contributed by atoms with van der Waals surface area (Å²) in [6.45, 7) is 0.336. The van der Waals surface area contributed by atoms with Crippen LogP contribution in [0.2, 0.25) is 0 Å². The Morgan fingerprint density at radius 2 is 1.64 bits per heavy atom. The van der Waals surface area contributed by atoms with Crippen molar-refractivity contribution in [3.8, 4) is 11.5 Å². The summed E-state index contributed by atoms with van der Waals surface area (Å²) in [7, 11) is -3.80. The fraction of sp³-hybridized carbons (Fsp3) is 0.125. The molecule has 0 saturated heterocycles. The molecule has 0 fully saturated rings. The lowest BCUT2D eigenvalue weighted by molar-refractivity contribution is -0.137. The number of hydrogen-bond acceptors (Lipinski definition) is 6. The van der Waals surface area contributed by atoms with E-state index in [1.165, 1.54) is 40.7 Å². The molecule has 1 amide bonds. The number of rotatable bonds is 5. The maximum absolute atomic E-state index is 13.1. The topological polar surface area (TPSA) is 105 Å². The lowest BCUT2D eigenvalue weighted by Gasteiger charge is -2.19. The van der Waals surface area contributed by atoms with Gasteiger partial charge in [0.05, 0.1) is 16.1 Å². The lowest BCUT2D eigenvalue weighted by Crippen LogP contribution is -2.29. The van der Waals surface area contributed by atoms with Gasteiger partial charge in [-0.25, -0.2) is 8.42 Å². The largest absolute Gasteiger partial charge is 0.416 e. The van der Waals surface area contributed by atoms with Gasteiger partial charge in [-0.3, -0.25) is 14.4 Å². The number of hydrogen-bond donors (Lipinski definition) is 1. The van der Waals surface area contributed by atoms with Crippen molar-refractivity contribution in [3.05, 3.63) is 89.5 Å². The van der Waals surface area contributed by atoms with Crippen LogP contribution in [0.5, 0.6) is 0 Å². The third-order valence-electron chi connectivity index (χ3n) is 5.65. The summed E-state index contributed by atoms with van der Waals surface area (Å²) in [5.41, 5.74) is 1.16. The summed E-state index contributed by atoms with van der Waals surface area (Å²) in [6, 6.07) is 16.5. The van der Waals surface area contributed by atoms with Crippen LogP contribution in [0.4, 0.5) is 24.9 Å². The summed E-state index contributed by atoms with van der Waals surface area (Å²) in [5, 5.41) is 9.81. The van der Waals surface area contributed by atoms with Gasteiger partial charge in [0.25, 0.3) is 15.9 Å². The van der Waals surface area contributed by atoms with Crippen LogP contribution in [0.15, 0.2) is 82.1 Å². The first-order valence-electron chi connectivity index (χ1n) is 10.7. The van der Waals surface area contributed by atoms with Gasteiger partial charge in [0.1, 0.15) is 0 Å². The zero-order chi connectivity index (χ0) is 25.5. The van der Waals surface area contributed by atoms with Crippen LogP contribution in [-0.4, -0.2) is 31.1 Å². The molecule has 8 nitrogen and oxygen atoms in total. The number of nitrogens with one attached hydrogen (secondary N) is 1. The molecule has 0 aliphatic carbocycles.